The molecule has 4 aromatic rings. The maximum absolute atomic E-state index is 12.9. The average Bonchev–Trinajstić information content (AvgIpc) is 3.42. The number of nitrogens with zero attached hydrogens (tertiary/aromatic N) is 4. The van der Waals surface area contributed by atoms with Crippen molar-refractivity contribution >= 4 is 52.2 Å². The molecule has 1 aromatic carbocycles. The van der Waals surface area contributed by atoms with Crippen LogP contribution in [0.1, 0.15) is 46.9 Å². The van der Waals surface area contributed by atoms with Crippen LogP contribution in [0.2, 0.25) is 0 Å². The quantitative estimate of drug-likeness (QED) is 0.126. The van der Waals surface area contributed by atoms with Gasteiger partial charge in [-0.25, -0.2) is 19.1 Å². The zero-order valence-corrected chi connectivity index (χ0v) is 21.7. The van der Waals surface area contributed by atoms with Crippen LogP contribution < -0.4 is 39.1 Å². The van der Waals surface area contributed by atoms with E-state index in [1.807, 2.05) is 32.0 Å². The zero-order chi connectivity index (χ0) is 24.2. The molecule has 13 heteroatoms. The van der Waals surface area contributed by atoms with Gasteiger partial charge in [0.2, 0.25) is 0 Å². The predicted molar refractivity (Wildman–Crippen MR) is 136 cm³/mol. The number of aromatic nitrogens is 5. The number of imidazole rings is 1. The van der Waals surface area contributed by atoms with Gasteiger partial charge in [0, 0.05) is 24.4 Å². The van der Waals surface area contributed by atoms with E-state index in [0.717, 1.165) is 23.3 Å². The van der Waals surface area contributed by atoms with Crippen LogP contribution in [0.25, 0.3) is 22.2 Å². The van der Waals surface area contributed by atoms with Crippen molar-refractivity contribution in [1.29, 1.82) is 0 Å². The number of aryl methyl sites for hydroxylation is 2. The number of H-pyrrole nitrogens is 1. The first-order valence-electron chi connectivity index (χ1n) is 11.4. The van der Waals surface area contributed by atoms with Crippen LogP contribution in [-0.4, -0.2) is 44.4 Å². The molecule has 0 atom stereocenters. The van der Waals surface area contributed by atoms with Gasteiger partial charge in [-0.3, -0.25) is 9.59 Å². The molecule has 0 spiro atoms. The van der Waals surface area contributed by atoms with E-state index in [-0.39, 0.29) is 48.8 Å². The summed E-state index contributed by atoms with van der Waals surface area (Å²) in [6.07, 6.45) is 2.42. The van der Waals surface area contributed by atoms with Crippen LogP contribution in [0.5, 0.6) is 0 Å². The van der Waals surface area contributed by atoms with Crippen LogP contribution in [-0.2, 0) is 19.6 Å². The number of amides is 2. The number of fused-ring (bicyclic) bond motifs is 2. The molecule has 0 saturated heterocycles. The third kappa shape index (κ3) is 5.53. The summed E-state index contributed by atoms with van der Waals surface area (Å²) in [6, 6.07) is 7.38. The second-order valence-corrected chi connectivity index (χ2v) is 7.86. The number of nitrogen functional groups attached to an aromatic ring is 1. The number of carbonyl (C=O) groups is 2. The summed E-state index contributed by atoms with van der Waals surface area (Å²) < 4.78 is 4.22. The standard InChI is InChI=1S/C23H29N9O2.2ClH/c1-3-31-16-7-6-14(22(33)27-10-5-9-24)12-17(16)32(4-2)18(31)13-28-23(34)19-20(25)30-21-15(29-19)8-11-26-21;;/h6-8,11-12H,3-5,9-10,13,24H2,1-2H3,(H4-,25,26,27,28,29,30,33,34);2*1H. The lowest BCUT2D eigenvalue weighted by molar-refractivity contribution is -0.676. The van der Waals surface area contributed by atoms with Crippen molar-refractivity contribution in [2.24, 2.45) is 5.73 Å². The Morgan fingerprint density at radius 1 is 1.14 bits per heavy atom. The van der Waals surface area contributed by atoms with Crippen LogP contribution in [0.4, 0.5) is 5.82 Å². The third-order valence-corrected chi connectivity index (χ3v) is 5.77. The Balaban J connectivity index is 0.00000228. The lowest BCUT2D eigenvalue weighted by Crippen LogP contribution is -3.00. The molecule has 3 aromatic heterocycles. The molecule has 36 heavy (non-hydrogen) atoms. The van der Waals surface area contributed by atoms with Crippen molar-refractivity contribution in [3.8, 4) is 0 Å². The molecule has 0 radical (unpaired) electrons. The summed E-state index contributed by atoms with van der Waals surface area (Å²) in [7, 11) is 0. The second-order valence-electron chi connectivity index (χ2n) is 7.86. The Bertz CT molecular complexity index is 1370. The summed E-state index contributed by atoms with van der Waals surface area (Å²) in [5.41, 5.74) is 15.2. The molecule has 0 unspecified atom stereocenters. The Kier molecular flexibility index (Phi) is 10.0. The fourth-order valence-electron chi connectivity index (χ4n) is 4.13. The smallest absolute Gasteiger partial charge is 0.277 e. The predicted octanol–water partition coefficient (Wildman–Crippen LogP) is -1.74. The van der Waals surface area contributed by atoms with Crippen molar-refractivity contribution in [3.63, 3.8) is 0 Å². The number of hydrogen-bond donors (Lipinski definition) is 5. The molecule has 0 fully saturated rings. The molecule has 11 nitrogen and oxygen atoms in total. The number of aromatic amines is 1. The average molecular weight is 536 g/mol. The number of nitrogens with one attached hydrogen (secondary N) is 3. The van der Waals surface area contributed by atoms with E-state index in [9.17, 15) is 9.59 Å². The third-order valence-electron chi connectivity index (χ3n) is 5.77. The Hall–Kier alpha value is -3.41. The minimum Gasteiger partial charge on any atom is -1.00 e. The number of carbonyl (C=O) groups excluding carboxylic acids is 2. The highest BCUT2D eigenvalue weighted by Gasteiger charge is 2.25. The molecule has 194 valence electrons. The molecule has 0 bridgehead atoms. The van der Waals surface area contributed by atoms with E-state index in [4.69, 9.17) is 11.5 Å². The van der Waals surface area contributed by atoms with Gasteiger partial charge in [-0.15, -0.1) is 12.4 Å². The molecular formula is C23H31Cl2N9O2. The first kappa shape index (κ1) is 28.8. The topological polar surface area (TPSA) is 161 Å². The highest BCUT2D eigenvalue weighted by atomic mass is 35.5. The maximum Gasteiger partial charge on any atom is 0.277 e. The molecule has 0 aliphatic carbocycles. The van der Waals surface area contributed by atoms with Crippen molar-refractivity contribution < 1.29 is 26.6 Å². The molecule has 0 aliphatic rings. The van der Waals surface area contributed by atoms with Crippen LogP contribution in [0, 0.1) is 0 Å². The van der Waals surface area contributed by atoms with Crippen molar-refractivity contribution in [1.82, 2.24) is 30.2 Å². The lowest BCUT2D eigenvalue weighted by atomic mass is 10.2. The van der Waals surface area contributed by atoms with Gasteiger partial charge in [0.05, 0.1) is 13.1 Å². The number of benzene rings is 1. The molecule has 0 aliphatic heterocycles. The molecule has 3 heterocycles. The second kappa shape index (κ2) is 12.5. The molecule has 0 saturated carbocycles. The summed E-state index contributed by atoms with van der Waals surface area (Å²) >= 11 is 0. The fraction of sp³-hybridized carbons (Fsp3) is 0.348. The van der Waals surface area contributed by atoms with E-state index in [1.54, 1.807) is 12.3 Å². The van der Waals surface area contributed by atoms with Crippen LogP contribution in [0.15, 0.2) is 30.5 Å². The Morgan fingerprint density at radius 3 is 2.61 bits per heavy atom. The Labute approximate surface area is 220 Å². The first-order chi connectivity index (χ1) is 16.5. The van der Waals surface area contributed by atoms with E-state index >= 15 is 0 Å². The highest BCUT2D eigenvalue weighted by Crippen LogP contribution is 2.18. The van der Waals surface area contributed by atoms with Gasteiger partial charge < -0.3 is 39.5 Å². The fourth-order valence-corrected chi connectivity index (χ4v) is 4.13. The van der Waals surface area contributed by atoms with Crippen LogP contribution >= 0.6 is 12.4 Å². The number of anilines is 1. The first-order valence-corrected chi connectivity index (χ1v) is 11.4. The summed E-state index contributed by atoms with van der Waals surface area (Å²) in [6.45, 7) is 6.77. The summed E-state index contributed by atoms with van der Waals surface area (Å²) in [4.78, 5) is 36.9. The van der Waals surface area contributed by atoms with Gasteiger partial charge in [0.15, 0.2) is 28.2 Å². The van der Waals surface area contributed by atoms with E-state index in [0.29, 0.717) is 42.9 Å². The van der Waals surface area contributed by atoms with E-state index < -0.39 is 5.91 Å². The molecule has 4 rings (SSSR count). The molecule has 2 amide bonds. The largest absolute Gasteiger partial charge is 1.00 e. The van der Waals surface area contributed by atoms with Gasteiger partial charge in [-0.1, -0.05) is 0 Å². The van der Waals surface area contributed by atoms with Gasteiger partial charge >= 0.3 is 0 Å². The highest BCUT2D eigenvalue weighted by molar-refractivity contribution is 5.98. The molecular weight excluding hydrogens is 505 g/mol. The van der Waals surface area contributed by atoms with E-state index in [2.05, 4.69) is 34.7 Å². The monoisotopic (exact) mass is 535 g/mol. The van der Waals surface area contributed by atoms with Crippen molar-refractivity contribution in [2.45, 2.75) is 39.9 Å². The maximum atomic E-state index is 12.9. The van der Waals surface area contributed by atoms with Gasteiger partial charge in [-0.2, -0.15) is 0 Å². The summed E-state index contributed by atoms with van der Waals surface area (Å²) in [5, 5.41) is 5.82. The molecule has 7 N–H and O–H groups in total. The van der Waals surface area contributed by atoms with E-state index in [1.165, 1.54) is 0 Å². The van der Waals surface area contributed by atoms with Gasteiger partial charge in [0.25, 0.3) is 17.6 Å². The summed E-state index contributed by atoms with van der Waals surface area (Å²) in [5.74, 6) is 0.440. The van der Waals surface area contributed by atoms with Crippen molar-refractivity contribution in [3.05, 3.63) is 47.5 Å². The van der Waals surface area contributed by atoms with Gasteiger partial charge in [-0.05, 0) is 45.0 Å². The number of nitrogens with two attached hydrogens (primary N) is 2. The Morgan fingerprint density at radius 2 is 1.92 bits per heavy atom. The zero-order valence-electron chi connectivity index (χ0n) is 20.2. The van der Waals surface area contributed by atoms with Gasteiger partial charge in [0.1, 0.15) is 12.1 Å². The van der Waals surface area contributed by atoms with Crippen molar-refractivity contribution in [2.75, 3.05) is 18.8 Å². The number of hydrogen-bond acceptors (Lipinski definition) is 6. The number of halogens is 2. The minimum atomic E-state index is -0.399. The lowest BCUT2D eigenvalue weighted by Gasteiger charge is -2.07. The SMILES string of the molecule is CCn1c(CNC(=O)c2nc3cc[nH]c3nc2N)[n+](CC)c2ccc(C(=O)NCCCN)cc21.Cl.[Cl-]. The minimum absolute atomic E-state index is 0. The van der Waals surface area contributed by atoms with Crippen LogP contribution in [0.3, 0.4) is 0 Å². The number of rotatable bonds is 9. The normalized spacial score (nSPS) is 10.6.